The van der Waals surface area contributed by atoms with E-state index in [1.165, 1.54) is 202 Å². The highest BCUT2D eigenvalue weighted by atomic mass is 32.1. The third-order valence-corrected chi connectivity index (χ3v) is 27.4. The molecule has 0 unspecified atom stereocenters. The van der Waals surface area contributed by atoms with Gasteiger partial charge in [0.1, 0.15) is 22.3 Å². The average Bonchev–Trinajstić information content (AvgIpc) is 1.61. The van der Waals surface area contributed by atoms with Gasteiger partial charge in [-0.15, -0.1) is 45.3 Å². The lowest BCUT2D eigenvalue weighted by Gasteiger charge is -2.07. The molecular weight excluding hydrogens is 1530 g/mol. The number of para-hydroxylation sites is 2. The Hall–Kier alpha value is -13.6. The summed E-state index contributed by atoms with van der Waals surface area (Å²) in [7, 11) is 0. The zero-order chi connectivity index (χ0) is 81.2. The molecule has 6 heteroatoms. The van der Waals surface area contributed by atoms with Crippen LogP contribution in [0.15, 0.2) is 409 Å². The summed E-state index contributed by atoms with van der Waals surface area (Å²) in [6.45, 7) is 12.8. The van der Waals surface area contributed by atoms with Crippen LogP contribution in [0.3, 0.4) is 0 Å². The van der Waals surface area contributed by atoms with Gasteiger partial charge in [0, 0.05) is 102 Å². The van der Waals surface area contributed by atoms with Crippen molar-refractivity contribution in [1.82, 2.24) is 0 Å². The van der Waals surface area contributed by atoms with E-state index >= 15 is 0 Å². The molecule has 6 heterocycles. The number of rotatable bonds is 6. The maximum absolute atomic E-state index is 6.05. The maximum atomic E-state index is 6.05. The Morgan fingerprint density at radius 2 is 0.550 bits per heavy atom. The van der Waals surface area contributed by atoms with Gasteiger partial charge in [0.15, 0.2) is 0 Å². The number of benzene rings is 18. The van der Waals surface area contributed by atoms with Crippen LogP contribution < -0.4 is 0 Å². The summed E-state index contributed by atoms with van der Waals surface area (Å²) in [4.78, 5) is 0. The Morgan fingerprint density at radius 3 is 1.12 bits per heavy atom. The lowest BCUT2D eigenvalue weighted by Crippen LogP contribution is -1.83. The molecule has 0 aliphatic rings. The predicted octanol–water partition coefficient (Wildman–Crippen LogP) is 35.2. The van der Waals surface area contributed by atoms with Gasteiger partial charge in [-0.2, -0.15) is 0 Å². The highest BCUT2D eigenvalue weighted by molar-refractivity contribution is 7.27. The van der Waals surface area contributed by atoms with E-state index in [9.17, 15) is 0 Å². The van der Waals surface area contributed by atoms with Gasteiger partial charge in [0.25, 0.3) is 0 Å². The SMILES string of the molecule is Cc1ccc(-c2ccc3sc4ccccc4c3c2)cc1.Cc1ccc(-c2cccc3c2sc2ccccc23)cc1.Cc1ccc(-c2ccccc2)c2c1oc1ccccc12.Cc1cccc(-c2ccc3sc4ccccc4c3c2)c1.Cc1ccccc1-c1ccc2sc3ccccc3c2c1.Cc1ccccc1-c1cccc2oc3ccccc3c12. The largest absolute Gasteiger partial charge is 0.456 e. The standard InChI is InChI=1S/2C19H14O.4C19H14S/c1-13-7-2-3-8-14(13)15-10-6-12-18-19(15)16-9-4-5-11-17(16)20-18;1-13-11-12-15(14-7-3-2-4-8-14)18-16-9-5-6-10-17(16)20-19(13)18;1-13-5-4-6-14(11-13)15-9-10-19-17(12-15)16-7-2-3-8-18(16)20-19;1-13-6-2-3-7-15(13)14-10-11-19-17(12-14)16-8-4-5-9-18(16)20-19;1-13-9-11-14(12-10-13)15-6-4-7-17-16-5-2-3-8-18(16)20-19(15)17;1-13-6-8-14(9-7-13)15-10-11-19-17(12-15)16-4-2-3-5-18(16)20-19/h6*2-12H,1H3. The van der Waals surface area contributed by atoms with Crippen LogP contribution in [0.2, 0.25) is 0 Å². The summed E-state index contributed by atoms with van der Waals surface area (Å²) in [6.07, 6.45) is 0. The van der Waals surface area contributed by atoms with Crippen molar-refractivity contribution in [2.45, 2.75) is 41.5 Å². The molecule has 0 radical (unpaired) electrons. The van der Waals surface area contributed by atoms with Crippen molar-refractivity contribution in [2.75, 3.05) is 0 Å². The summed E-state index contributed by atoms with van der Waals surface area (Å²) < 4.78 is 22.9. The Bertz CT molecular complexity index is 7840. The van der Waals surface area contributed by atoms with Crippen LogP contribution in [0.25, 0.3) is 191 Å². The number of hydrogen-bond donors (Lipinski definition) is 0. The Balaban J connectivity index is 0.0000000952. The normalized spacial score (nSPS) is 11.2. The average molecular weight is 1610 g/mol. The van der Waals surface area contributed by atoms with E-state index in [0.717, 1.165) is 22.3 Å². The maximum Gasteiger partial charge on any atom is 0.138 e. The topological polar surface area (TPSA) is 26.3 Å². The van der Waals surface area contributed by atoms with Crippen molar-refractivity contribution < 1.29 is 8.83 Å². The van der Waals surface area contributed by atoms with E-state index in [-0.39, 0.29) is 0 Å². The quantitative estimate of drug-likeness (QED) is 0.166. The van der Waals surface area contributed by atoms with Crippen molar-refractivity contribution in [3.63, 3.8) is 0 Å². The molecule has 24 rings (SSSR count). The van der Waals surface area contributed by atoms with Crippen LogP contribution in [0, 0.1) is 41.5 Å². The highest BCUT2D eigenvalue weighted by Gasteiger charge is 2.18. The summed E-state index contributed by atoms with van der Waals surface area (Å²) in [5, 5.41) is 15.7. The Morgan fingerprint density at radius 1 is 0.175 bits per heavy atom. The third kappa shape index (κ3) is 15.5. The molecule has 120 heavy (non-hydrogen) atoms. The van der Waals surface area contributed by atoms with E-state index in [0.29, 0.717) is 0 Å². The molecule has 0 saturated heterocycles. The molecule has 0 N–H and O–H groups in total. The second-order valence-corrected chi connectivity index (χ2v) is 35.1. The summed E-state index contributed by atoms with van der Waals surface area (Å²) >= 11 is 7.49. The lowest BCUT2D eigenvalue weighted by atomic mass is 9.96. The van der Waals surface area contributed by atoms with Gasteiger partial charge in [-0.3, -0.25) is 0 Å². The summed E-state index contributed by atoms with van der Waals surface area (Å²) in [5.74, 6) is 0. The molecule has 0 fully saturated rings. The number of hydrogen-bond acceptors (Lipinski definition) is 6. The molecule has 0 bridgehead atoms. The van der Waals surface area contributed by atoms with Crippen LogP contribution in [-0.2, 0) is 0 Å². The van der Waals surface area contributed by atoms with Crippen LogP contribution in [-0.4, -0.2) is 0 Å². The van der Waals surface area contributed by atoms with Crippen LogP contribution in [0.4, 0.5) is 0 Å². The van der Waals surface area contributed by atoms with Crippen LogP contribution >= 0.6 is 45.3 Å². The molecular formula is C114H84O2S4. The Labute approximate surface area is 715 Å². The van der Waals surface area contributed by atoms with Gasteiger partial charge in [0.05, 0.1) is 0 Å². The van der Waals surface area contributed by atoms with Crippen LogP contribution in [0.1, 0.15) is 33.4 Å². The second-order valence-electron chi connectivity index (χ2n) is 30.8. The predicted molar refractivity (Wildman–Crippen MR) is 526 cm³/mol. The minimum absolute atomic E-state index is 0.948. The molecule has 24 aromatic rings. The molecule has 0 saturated carbocycles. The molecule has 18 aromatic carbocycles. The monoisotopic (exact) mass is 1610 g/mol. The smallest absolute Gasteiger partial charge is 0.138 e. The minimum atomic E-state index is 0.948. The van der Waals surface area contributed by atoms with E-state index in [1.807, 2.05) is 81.7 Å². The first kappa shape index (κ1) is 76.4. The fourth-order valence-corrected chi connectivity index (χ4v) is 21.1. The summed E-state index contributed by atoms with van der Waals surface area (Å²) in [5.41, 5.74) is 26.9. The van der Waals surface area contributed by atoms with Crippen molar-refractivity contribution in [1.29, 1.82) is 0 Å². The molecule has 0 amide bonds. The zero-order valence-corrected chi connectivity index (χ0v) is 70.8. The first-order chi connectivity index (χ1) is 59.0. The van der Waals surface area contributed by atoms with Gasteiger partial charge < -0.3 is 8.83 Å². The van der Waals surface area contributed by atoms with Crippen molar-refractivity contribution in [3.05, 3.63) is 434 Å². The van der Waals surface area contributed by atoms with E-state index in [1.54, 1.807) is 0 Å². The number of furan rings is 2. The van der Waals surface area contributed by atoms with Crippen molar-refractivity contribution >= 4 is 170 Å². The van der Waals surface area contributed by atoms with Gasteiger partial charge in [-0.1, -0.05) is 338 Å². The number of fused-ring (bicyclic) bond motifs is 18. The van der Waals surface area contributed by atoms with Gasteiger partial charge in [-0.05, 0) is 204 Å². The first-order valence-corrected chi connectivity index (χ1v) is 44.1. The van der Waals surface area contributed by atoms with Gasteiger partial charge >= 0.3 is 0 Å². The minimum Gasteiger partial charge on any atom is -0.456 e. The lowest BCUT2D eigenvalue weighted by molar-refractivity contribution is 0.666. The molecule has 0 aliphatic heterocycles. The van der Waals surface area contributed by atoms with E-state index < -0.39 is 0 Å². The van der Waals surface area contributed by atoms with Crippen molar-refractivity contribution in [3.8, 4) is 66.8 Å². The van der Waals surface area contributed by atoms with E-state index in [2.05, 4.69) is 406 Å². The molecule has 6 aromatic heterocycles. The fraction of sp³-hybridized carbons (Fsp3) is 0.0526. The second kappa shape index (κ2) is 33.8. The first-order valence-electron chi connectivity index (χ1n) is 40.8. The third-order valence-electron chi connectivity index (χ3n) is 22.7. The molecule has 0 spiro atoms. The highest BCUT2D eigenvalue weighted by Crippen LogP contribution is 2.45. The summed E-state index contributed by atoms with van der Waals surface area (Å²) in [6, 6.07) is 142. The molecule has 0 aliphatic carbocycles. The molecule has 576 valence electrons. The Kier molecular flexibility index (Phi) is 21.5. The molecule has 2 nitrogen and oxygen atoms in total. The van der Waals surface area contributed by atoms with Crippen LogP contribution in [0.5, 0.6) is 0 Å². The zero-order valence-electron chi connectivity index (χ0n) is 67.6. The molecule has 0 atom stereocenters. The van der Waals surface area contributed by atoms with Gasteiger partial charge in [0.2, 0.25) is 0 Å². The van der Waals surface area contributed by atoms with E-state index in [4.69, 9.17) is 8.83 Å². The van der Waals surface area contributed by atoms with Crippen molar-refractivity contribution in [2.24, 2.45) is 0 Å². The number of thiophene rings is 4. The fourth-order valence-electron chi connectivity index (χ4n) is 16.6. The van der Waals surface area contributed by atoms with Gasteiger partial charge in [-0.25, -0.2) is 0 Å². The number of aryl methyl sites for hydroxylation is 6.